The lowest BCUT2D eigenvalue weighted by Crippen LogP contribution is -2.40. The number of rotatable bonds is 0. The van der Waals surface area contributed by atoms with Gasteiger partial charge in [-0.15, -0.1) is 0 Å². The first-order chi connectivity index (χ1) is 8.52. The van der Waals surface area contributed by atoms with Crippen LogP contribution in [0.15, 0.2) is 30.6 Å². The molecule has 3 heteroatoms. The number of fused-ring (bicyclic) bond motifs is 8. The molecular formula is C15H17N3. The molecule has 0 saturated heterocycles. The van der Waals surface area contributed by atoms with E-state index in [2.05, 4.69) is 66.7 Å². The van der Waals surface area contributed by atoms with Crippen molar-refractivity contribution in [1.82, 2.24) is 14.5 Å². The molecule has 0 saturated carbocycles. The lowest BCUT2D eigenvalue weighted by molar-refractivity contribution is 0.131. The van der Waals surface area contributed by atoms with Gasteiger partial charge in [-0.25, -0.2) is 4.98 Å². The zero-order valence-electron chi connectivity index (χ0n) is 11.2. The molecule has 0 aliphatic carbocycles. The fraction of sp³-hybridized carbons (Fsp3) is 0.400. The van der Waals surface area contributed by atoms with Gasteiger partial charge in [0.05, 0.1) is 28.8 Å². The van der Waals surface area contributed by atoms with E-state index in [0.717, 1.165) is 0 Å². The monoisotopic (exact) mass is 239 g/mol. The van der Waals surface area contributed by atoms with Gasteiger partial charge in [-0.1, -0.05) is 24.3 Å². The maximum atomic E-state index is 4.67. The number of benzene rings is 1. The Labute approximate surface area is 107 Å². The molecule has 3 heterocycles. The molecule has 2 aliphatic rings. The first kappa shape index (κ1) is 10.3. The summed E-state index contributed by atoms with van der Waals surface area (Å²) in [7, 11) is 4.30. The van der Waals surface area contributed by atoms with Crippen molar-refractivity contribution < 1.29 is 0 Å². The Morgan fingerprint density at radius 1 is 1.00 bits per heavy atom. The van der Waals surface area contributed by atoms with Crippen molar-refractivity contribution in [3.63, 3.8) is 0 Å². The number of aryl methyl sites for hydroxylation is 1. The molecule has 1 aromatic carbocycles. The number of imidazole rings is 1. The summed E-state index contributed by atoms with van der Waals surface area (Å²) < 4.78 is 2.17. The molecule has 4 rings (SSSR count). The summed E-state index contributed by atoms with van der Waals surface area (Å²) >= 11 is 0. The maximum Gasteiger partial charge on any atom is 0.0950 e. The van der Waals surface area contributed by atoms with E-state index in [1.54, 1.807) is 0 Å². The van der Waals surface area contributed by atoms with Crippen molar-refractivity contribution in [2.75, 3.05) is 7.05 Å². The molecule has 0 N–H and O–H groups in total. The zero-order valence-corrected chi connectivity index (χ0v) is 11.2. The quantitative estimate of drug-likeness (QED) is 0.703. The summed E-state index contributed by atoms with van der Waals surface area (Å²) in [5.41, 5.74) is 5.25. The van der Waals surface area contributed by atoms with Gasteiger partial charge >= 0.3 is 0 Å². The van der Waals surface area contributed by atoms with Crippen LogP contribution in [-0.2, 0) is 18.1 Å². The average molecular weight is 239 g/mol. The van der Waals surface area contributed by atoms with Crippen molar-refractivity contribution in [2.24, 2.45) is 7.05 Å². The highest BCUT2D eigenvalue weighted by molar-refractivity contribution is 5.60. The van der Waals surface area contributed by atoms with Gasteiger partial charge in [0.2, 0.25) is 0 Å². The van der Waals surface area contributed by atoms with Crippen molar-refractivity contribution in [3.8, 4) is 0 Å². The Bertz CT molecular complexity index is 672. The van der Waals surface area contributed by atoms with E-state index in [0.29, 0.717) is 0 Å². The smallest absolute Gasteiger partial charge is 0.0950 e. The fourth-order valence-corrected chi connectivity index (χ4v) is 4.07. The van der Waals surface area contributed by atoms with Crippen LogP contribution in [0.5, 0.6) is 0 Å². The van der Waals surface area contributed by atoms with E-state index in [1.165, 1.54) is 22.5 Å². The summed E-state index contributed by atoms with van der Waals surface area (Å²) in [5, 5.41) is 0. The fourth-order valence-electron chi connectivity index (χ4n) is 4.07. The molecule has 0 radical (unpaired) electrons. The summed E-state index contributed by atoms with van der Waals surface area (Å²) in [4.78, 5) is 7.13. The van der Waals surface area contributed by atoms with E-state index in [9.17, 15) is 0 Å². The van der Waals surface area contributed by atoms with Crippen LogP contribution in [0.3, 0.4) is 0 Å². The van der Waals surface area contributed by atoms with Gasteiger partial charge in [0, 0.05) is 7.05 Å². The normalized spacial score (nSPS) is 32.7. The van der Waals surface area contributed by atoms with Crippen LogP contribution >= 0.6 is 0 Å². The van der Waals surface area contributed by atoms with Crippen molar-refractivity contribution in [2.45, 2.75) is 24.9 Å². The highest BCUT2D eigenvalue weighted by Gasteiger charge is 2.63. The van der Waals surface area contributed by atoms with Gasteiger partial charge in [0.1, 0.15) is 0 Å². The third kappa shape index (κ3) is 0.757. The molecule has 2 bridgehead atoms. The highest BCUT2D eigenvalue weighted by Crippen LogP contribution is 2.61. The summed E-state index contributed by atoms with van der Waals surface area (Å²) in [6.07, 6.45) is 1.94. The van der Waals surface area contributed by atoms with Crippen LogP contribution in [0, 0.1) is 0 Å². The standard InChI is InChI=1S/C15H17N3/c1-14-10-7-5-6-8-11(10)15(2,18(14)4)13-12(14)16-9-17(13)3/h5-9H,1-4H3. The van der Waals surface area contributed by atoms with Crippen molar-refractivity contribution in [3.05, 3.63) is 53.1 Å². The number of hydrogen-bond donors (Lipinski definition) is 0. The zero-order chi connectivity index (χ0) is 12.7. The highest BCUT2D eigenvalue weighted by atomic mass is 15.3. The minimum Gasteiger partial charge on any atom is -0.335 e. The van der Waals surface area contributed by atoms with E-state index in [4.69, 9.17) is 0 Å². The molecule has 2 aromatic rings. The largest absolute Gasteiger partial charge is 0.335 e. The Morgan fingerprint density at radius 3 is 2.28 bits per heavy atom. The summed E-state index contributed by atoms with van der Waals surface area (Å²) in [6.45, 7) is 4.60. The molecule has 2 unspecified atom stereocenters. The minimum atomic E-state index is -0.0814. The molecule has 0 fully saturated rings. The summed E-state index contributed by atoms with van der Waals surface area (Å²) in [6, 6.07) is 8.77. The van der Waals surface area contributed by atoms with Crippen LogP contribution in [0.1, 0.15) is 36.4 Å². The minimum absolute atomic E-state index is 0.0497. The molecule has 2 atom stereocenters. The molecule has 3 nitrogen and oxygen atoms in total. The summed E-state index contributed by atoms with van der Waals surface area (Å²) in [5.74, 6) is 0. The lowest BCUT2D eigenvalue weighted by Gasteiger charge is -2.32. The Balaban J connectivity index is 2.19. The molecule has 0 amide bonds. The SMILES string of the molecule is CN1C2(C)c3ccccc3C1(C)c1c2ncn1C. The second-order valence-corrected chi connectivity index (χ2v) is 5.80. The van der Waals surface area contributed by atoms with E-state index < -0.39 is 0 Å². The van der Waals surface area contributed by atoms with Crippen LogP contribution < -0.4 is 0 Å². The maximum absolute atomic E-state index is 4.67. The first-order valence-electron chi connectivity index (χ1n) is 6.38. The Morgan fingerprint density at radius 2 is 1.61 bits per heavy atom. The van der Waals surface area contributed by atoms with Crippen molar-refractivity contribution in [1.29, 1.82) is 0 Å². The Hall–Kier alpha value is -1.61. The van der Waals surface area contributed by atoms with Crippen LogP contribution in [0.2, 0.25) is 0 Å². The third-order valence-corrected chi connectivity index (χ3v) is 5.18. The second kappa shape index (κ2) is 2.69. The predicted octanol–water partition coefficient (Wildman–Crippen LogP) is 2.21. The van der Waals surface area contributed by atoms with Gasteiger partial charge in [-0.3, -0.25) is 4.90 Å². The molecular weight excluding hydrogens is 222 g/mol. The van der Waals surface area contributed by atoms with Gasteiger partial charge < -0.3 is 4.57 Å². The van der Waals surface area contributed by atoms with Crippen LogP contribution in [-0.4, -0.2) is 21.5 Å². The topological polar surface area (TPSA) is 21.1 Å². The van der Waals surface area contributed by atoms with Crippen LogP contribution in [0.25, 0.3) is 0 Å². The lowest BCUT2D eigenvalue weighted by atomic mass is 9.79. The molecule has 92 valence electrons. The molecule has 18 heavy (non-hydrogen) atoms. The molecule has 0 spiro atoms. The van der Waals surface area contributed by atoms with Crippen molar-refractivity contribution >= 4 is 0 Å². The predicted molar refractivity (Wildman–Crippen MR) is 70.3 cm³/mol. The van der Waals surface area contributed by atoms with Gasteiger partial charge in [0.25, 0.3) is 0 Å². The van der Waals surface area contributed by atoms with Gasteiger partial charge in [-0.2, -0.15) is 0 Å². The van der Waals surface area contributed by atoms with E-state index >= 15 is 0 Å². The average Bonchev–Trinajstić information content (AvgIpc) is 2.90. The molecule has 1 aromatic heterocycles. The van der Waals surface area contributed by atoms with E-state index in [1.807, 2.05) is 6.33 Å². The van der Waals surface area contributed by atoms with E-state index in [-0.39, 0.29) is 11.1 Å². The van der Waals surface area contributed by atoms with Gasteiger partial charge in [-0.05, 0) is 32.0 Å². The second-order valence-electron chi connectivity index (χ2n) is 5.80. The Kier molecular flexibility index (Phi) is 1.55. The van der Waals surface area contributed by atoms with Gasteiger partial charge in [0.15, 0.2) is 0 Å². The number of nitrogens with zero attached hydrogens (tertiary/aromatic N) is 3. The molecule has 2 aliphatic heterocycles. The third-order valence-electron chi connectivity index (χ3n) is 5.18. The first-order valence-corrected chi connectivity index (χ1v) is 6.38. The van der Waals surface area contributed by atoms with Crippen LogP contribution in [0.4, 0.5) is 0 Å². The number of aromatic nitrogens is 2. The number of hydrogen-bond acceptors (Lipinski definition) is 2.